The first kappa shape index (κ1) is 12.3. The molecule has 0 fully saturated rings. The first-order valence-corrected chi connectivity index (χ1v) is 6.54. The van der Waals surface area contributed by atoms with E-state index >= 15 is 0 Å². The normalized spacial score (nSPS) is 12.4. The SMILES string of the molecule is CCCCS(=O)c1nsnc(OC)c1=O. The minimum Gasteiger partial charge on any atom is -0.478 e. The largest absolute Gasteiger partial charge is 0.478 e. The van der Waals surface area contributed by atoms with E-state index in [1.165, 1.54) is 7.11 Å². The lowest BCUT2D eigenvalue weighted by molar-refractivity contribution is 0.395. The van der Waals surface area contributed by atoms with Crippen LogP contribution in [0.2, 0.25) is 0 Å². The van der Waals surface area contributed by atoms with Crippen LogP contribution in [0, 0.1) is 0 Å². The molecule has 7 heteroatoms. The maximum Gasteiger partial charge on any atom is 0.277 e. The summed E-state index contributed by atoms with van der Waals surface area (Å²) in [4.78, 5) is 11.6. The maximum absolute atomic E-state index is 11.7. The predicted molar refractivity (Wildman–Crippen MR) is 58.9 cm³/mol. The van der Waals surface area contributed by atoms with E-state index < -0.39 is 16.2 Å². The van der Waals surface area contributed by atoms with E-state index in [0.29, 0.717) is 5.75 Å². The lowest BCUT2D eigenvalue weighted by atomic mass is 10.4. The quantitative estimate of drug-likeness (QED) is 0.771. The topological polar surface area (TPSA) is 69.2 Å². The highest BCUT2D eigenvalue weighted by molar-refractivity contribution is 7.85. The van der Waals surface area contributed by atoms with Crippen LogP contribution in [0.1, 0.15) is 19.8 Å². The Hall–Kier alpha value is -0.820. The van der Waals surface area contributed by atoms with Crippen LogP contribution < -0.4 is 10.2 Å². The Morgan fingerprint density at radius 2 is 2.20 bits per heavy atom. The number of nitrogens with zero attached hydrogens (tertiary/aromatic N) is 2. The fourth-order valence-corrected chi connectivity index (χ4v) is 2.82. The van der Waals surface area contributed by atoms with Crippen LogP contribution in [0.15, 0.2) is 9.82 Å². The summed E-state index contributed by atoms with van der Waals surface area (Å²) in [7, 11) is 0.0164. The van der Waals surface area contributed by atoms with Crippen molar-refractivity contribution in [2.24, 2.45) is 0 Å². The minimum absolute atomic E-state index is 0.0325. The van der Waals surface area contributed by atoms with Crippen LogP contribution >= 0.6 is 11.7 Å². The van der Waals surface area contributed by atoms with Crippen molar-refractivity contribution in [3.05, 3.63) is 10.2 Å². The molecular formula is C8H12N2O3S2. The van der Waals surface area contributed by atoms with Crippen molar-refractivity contribution >= 4 is 22.5 Å². The Balaban J connectivity index is 2.94. The number of ether oxygens (including phenoxy) is 1. The number of rotatable bonds is 5. The highest BCUT2D eigenvalue weighted by Crippen LogP contribution is 2.05. The van der Waals surface area contributed by atoms with E-state index in [1.54, 1.807) is 0 Å². The van der Waals surface area contributed by atoms with Gasteiger partial charge in [0.25, 0.3) is 11.3 Å². The molecule has 1 rings (SSSR count). The van der Waals surface area contributed by atoms with Gasteiger partial charge in [-0.1, -0.05) is 13.3 Å². The van der Waals surface area contributed by atoms with Crippen LogP contribution in [0.3, 0.4) is 0 Å². The molecule has 0 aliphatic heterocycles. The lowest BCUT2D eigenvalue weighted by Crippen LogP contribution is -2.16. The highest BCUT2D eigenvalue weighted by atomic mass is 32.2. The summed E-state index contributed by atoms with van der Waals surface area (Å²) < 4.78 is 23.9. The third kappa shape index (κ3) is 3.07. The molecule has 1 unspecified atom stereocenters. The summed E-state index contributed by atoms with van der Waals surface area (Å²) in [5, 5.41) is 0.0558. The molecule has 1 heterocycles. The van der Waals surface area contributed by atoms with Crippen molar-refractivity contribution in [2.45, 2.75) is 24.8 Å². The molecule has 0 saturated carbocycles. The van der Waals surface area contributed by atoms with Crippen molar-refractivity contribution in [3.8, 4) is 5.88 Å². The van der Waals surface area contributed by atoms with Gasteiger partial charge in [-0.15, -0.1) is 4.37 Å². The van der Waals surface area contributed by atoms with E-state index in [4.69, 9.17) is 4.74 Å². The van der Waals surface area contributed by atoms with Gasteiger partial charge in [0.05, 0.1) is 29.6 Å². The average Bonchev–Trinajstić information content (AvgIpc) is 2.26. The molecule has 0 N–H and O–H groups in total. The Morgan fingerprint density at radius 3 is 2.80 bits per heavy atom. The molecule has 0 radical (unpaired) electrons. The first-order valence-electron chi connectivity index (χ1n) is 4.50. The Labute approximate surface area is 94.3 Å². The van der Waals surface area contributed by atoms with Gasteiger partial charge >= 0.3 is 0 Å². The molecule has 15 heavy (non-hydrogen) atoms. The van der Waals surface area contributed by atoms with Crippen molar-refractivity contribution in [3.63, 3.8) is 0 Å². The average molecular weight is 248 g/mol. The van der Waals surface area contributed by atoms with E-state index in [0.717, 1.165) is 24.6 Å². The standard InChI is InChI=1S/C8H12N2O3S2/c1-3-4-5-15(12)8-6(11)7(13-2)9-14-10-8/h3-5H2,1-2H3. The number of aromatic nitrogens is 2. The van der Waals surface area contributed by atoms with E-state index in [1.807, 2.05) is 6.92 Å². The summed E-state index contributed by atoms with van der Waals surface area (Å²) >= 11 is 0.838. The second kappa shape index (κ2) is 5.92. The van der Waals surface area contributed by atoms with Crippen LogP contribution in [0.5, 0.6) is 5.88 Å². The molecule has 1 aromatic heterocycles. The van der Waals surface area contributed by atoms with Gasteiger partial charge in [0.2, 0.25) is 0 Å². The van der Waals surface area contributed by atoms with Gasteiger partial charge in [0, 0.05) is 5.75 Å². The fraction of sp³-hybridized carbons (Fsp3) is 0.625. The molecule has 0 aliphatic rings. The Bertz CT molecular complexity index is 405. The lowest BCUT2D eigenvalue weighted by Gasteiger charge is -1.99. The number of hydrogen-bond acceptors (Lipinski definition) is 6. The molecule has 0 saturated heterocycles. The molecule has 1 aromatic rings. The smallest absolute Gasteiger partial charge is 0.277 e. The molecule has 5 nitrogen and oxygen atoms in total. The van der Waals surface area contributed by atoms with E-state index in [-0.39, 0.29) is 10.9 Å². The van der Waals surface area contributed by atoms with Crippen molar-refractivity contribution < 1.29 is 8.95 Å². The molecule has 84 valence electrons. The van der Waals surface area contributed by atoms with Gasteiger partial charge in [-0.2, -0.15) is 4.37 Å². The van der Waals surface area contributed by atoms with Crippen LogP contribution in [-0.2, 0) is 10.8 Å². The van der Waals surface area contributed by atoms with Gasteiger partial charge in [0.1, 0.15) is 0 Å². The molecule has 0 bridgehead atoms. The second-order valence-corrected chi connectivity index (χ2v) is 4.83. The maximum atomic E-state index is 11.7. The zero-order valence-corrected chi connectivity index (χ0v) is 10.2. The molecule has 1 atom stereocenters. The third-order valence-electron chi connectivity index (χ3n) is 1.73. The monoisotopic (exact) mass is 248 g/mol. The van der Waals surface area contributed by atoms with E-state index in [2.05, 4.69) is 8.75 Å². The zero-order chi connectivity index (χ0) is 11.3. The summed E-state index contributed by atoms with van der Waals surface area (Å²) in [6, 6.07) is 0. The summed E-state index contributed by atoms with van der Waals surface area (Å²) in [5.74, 6) is 0.424. The van der Waals surface area contributed by atoms with Crippen molar-refractivity contribution in [2.75, 3.05) is 12.9 Å². The summed E-state index contributed by atoms with van der Waals surface area (Å²) in [6.45, 7) is 2.00. The first-order chi connectivity index (χ1) is 7.20. The van der Waals surface area contributed by atoms with Gasteiger partial charge in [0.15, 0.2) is 5.03 Å². The predicted octanol–water partition coefficient (Wildman–Crippen LogP) is 0.815. The number of hydrogen-bond donors (Lipinski definition) is 0. The van der Waals surface area contributed by atoms with Crippen molar-refractivity contribution in [1.82, 2.24) is 8.75 Å². The molecule has 0 aliphatic carbocycles. The summed E-state index contributed by atoms with van der Waals surface area (Å²) in [5.41, 5.74) is -0.467. The van der Waals surface area contributed by atoms with Gasteiger partial charge in [-0.3, -0.25) is 9.00 Å². The van der Waals surface area contributed by atoms with Gasteiger partial charge in [-0.25, -0.2) is 0 Å². The van der Waals surface area contributed by atoms with Gasteiger partial charge in [-0.05, 0) is 6.42 Å². The van der Waals surface area contributed by atoms with Crippen LogP contribution in [0.4, 0.5) is 0 Å². The molecule has 0 spiro atoms. The van der Waals surface area contributed by atoms with Crippen molar-refractivity contribution in [1.29, 1.82) is 0 Å². The third-order valence-corrected chi connectivity index (χ3v) is 3.72. The second-order valence-electron chi connectivity index (χ2n) is 2.81. The number of methoxy groups -OCH3 is 1. The van der Waals surface area contributed by atoms with Crippen LogP contribution in [0.25, 0.3) is 0 Å². The fourth-order valence-electron chi connectivity index (χ4n) is 0.916. The zero-order valence-electron chi connectivity index (χ0n) is 8.56. The van der Waals surface area contributed by atoms with Gasteiger partial charge < -0.3 is 4.74 Å². The Morgan fingerprint density at radius 1 is 1.47 bits per heavy atom. The minimum atomic E-state index is -1.34. The molecule has 0 aromatic carbocycles. The summed E-state index contributed by atoms with van der Waals surface area (Å²) in [6.07, 6.45) is 1.74. The van der Waals surface area contributed by atoms with Crippen LogP contribution in [-0.4, -0.2) is 25.8 Å². The highest BCUT2D eigenvalue weighted by Gasteiger charge is 2.14. The number of unbranched alkanes of at least 4 members (excludes halogenated alkanes) is 1. The molecule has 0 amide bonds. The van der Waals surface area contributed by atoms with E-state index in [9.17, 15) is 9.00 Å². The molecular weight excluding hydrogens is 236 g/mol. The Kier molecular flexibility index (Phi) is 4.83.